The van der Waals surface area contributed by atoms with Crippen molar-refractivity contribution in [1.82, 2.24) is 10.3 Å². The van der Waals surface area contributed by atoms with E-state index < -0.39 is 0 Å². The van der Waals surface area contributed by atoms with E-state index in [9.17, 15) is 0 Å². The lowest BCUT2D eigenvalue weighted by atomic mass is 10.2. The second kappa shape index (κ2) is 3.96. The molecule has 1 N–H and O–H groups in total. The zero-order chi connectivity index (χ0) is 10.1. The van der Waals surface area contributed by atoms with Crippen LogP contribution in [0.1, 0.15) is 10.6 Å². The molecule has 0 spiro atoms. The Balaban J connectivity index is 2.58. The highest BCUT2D eigenvalue weighted by Crippen LogP contribution is 2.28. The van der Waals surface area contributed by atoms with Crippen LogP contribution in [0.15, 0.2) is 16.6 Å². The third kappa shape index (κ3) is 1.82. The predicted molar refractivity (Wildman–Crippen MR) is 64.8 cm³/mol. The Labute approximate surface area is 95.5 Å². The first-order valence-electron chi connectivity index (χ1n) is 4.41. The maximum Gasteiger partial charge on any atom is 0.0907 e. The predicted octanol–water partition coefficient (Wildman–Crippen LogP) is 3.09. The summed E-state index contributed by atoms with van der Waals surface area (Å²) in [4.78, 5) is 4.47. The number of aromatic nitrogens is 1. The molecule has 0 unspecified atom stereocenters. The lowest BCUT2D eigenvalue weighted by Crippen LogP contribution is -2.05. The van der Waals surface area contributed by atoms with Gasteiger partial charge in [0.25, 0.3) is 0 Å². The molecule has 0 aliphatic heterocycles. The van der Waals surface area contributed by atoms with Gasteiger partial charge in [0.05, 0.1) is 15.2 Å². The molecule has 1 heterocycles. The summed E-state index contributed by atoms with van der Waals surface area (Å²) in [5, 5.41) is 4.26. The number of rotatable bonds is 2. The van der Waals surface area contributed by atoms with Gasteiger partial charge in [0, 0.05) is 11.0 Å². The third-order valence-electron chi connectivity index (χ3n) is 2.03. The first-order valence-corrected chi connectivity index (χ1v) is 6.02. The van der Waals surface area contributed by atoms with Crippen molar-refractivity contribution in [3.63, 3.8) is 0 Å². The summed E-state index contributed by atoms with van der Waals surface area (Å²) in [7, 11) is 1.95. The molecule has 4 heteroatoms. The summed E-state index contributed by atoms with van der Waals surface area (Å²) in [6.07, 6.45) is 0. The number of hydrogen-bond acceptors (Lipinski definition) is 3. The standard InChI is InChI=1S/C10H11BrN2S/c1-6-13-9-3-7(5-12-2)8(11)4-10(9)14-6/h3-4,12H,5H2,1-2H3. The van der Waals surface area contributed by atoms with Crippen LogP contribution in [-0.2, 0) is 6.54 Å². The van der Waals surface area contributed by atoms with Crippen molar-refractivity contribution in [3.8, 4) is 0 Å². The molecule has 1 aromatic carbocycles. The summed E-state index contributed by atoms with van der Waals surface area (Å²) in [6.45, 7) is 2.91. The normalized spacial score (nSPS) is 11.1. The molecule has 74 valence electrons. The van der Waals surface area contributed by atoms with Gasteiger partial charge in [0.1, 0.15) is 0 Å². The van der Waals surface area contributed by atoms with Crippen molar-refractivity contribution < 1.29 is 0 Å². The molecular formula is C10H11BrN2S. The summed E-state index contributed by atoms with van der Waals surface area (Å²) in [6, 6.07) is 4.28. The average Bonchev–Trinajstić information content (AvgIpc) is 2.45. The first-order chi connectivity index (χ1) is 6.70. The van der Waals surface area contributed by atoms with Crippen LogP contribution < -0.4 is 5.32 Å². The van der Waals surface area contributed by atoms with Gasteiger partial charge in [0.2, 0.25) is 0 Å². The summed E-state index contributed by atoms with van der Waals surface area (Å²) < 4.78 is 2.40. The van der Waals surface area contributed by atoms with Crippen LogP contribution in [0.25, 0.3) is 10.2 Å². The van der Waals surface area contributed by atoms with E-state index in [-0.39, 0.29) is 0 Å². The third-order valence-corrected chi connectivity index (χ3v) is 3.70. The molecule has 0 fully saturated rings. The molecule has 0 saturated heterocycles. The highest BCUT2D eigenvalue weighted by atomic mass is 79.9. The average molecular weight is 271 g/mol. The van der Waals surface area contributed by atoms with E-state index in [0.717, 1.165) is 21.5 Å². The van der Waals surface area contributed by atoms with Crippen molar-refractivity contribution in [2.45, 2.75) is 13.5 Å². The van der Waals surface area contributed by atoms with Crippen LogP contribution >= 0.6 is 27.3 Å². The highest BCUT2D eigenvalue weighted by Gasteiger charge is 2.05. The van der Waals surface area contributed by atoms with Crippen LogP contribution in [0, 0.1) is 6.92 Å². The largest absolute Gasteiger partial charge is 0.316 e. The first kappa shape index (κ1) is 10.1. The molecule has 1 aromatic heterocycles. The molecule has 0 saturated carbocycles. The maximum absolute atomic E-state index is 4.47. The molecule has 2 aromatic rings. The van der Waals surface area contributed by atoms with Crippen molar-refractivity contribution in [2.24, 2.45) is 0 Å². The van der Waals surface area contributed by atoms with Crippen LogP contribution in [0.3, 0.4) is 0 Å². The van der Waals surface area contributed by atoms with Crippen LogP contribution in [0.5, 0.6) is 0 Å². The van der Waals surface area contributed by atoms with E-state index in [0.29, 0.717) is 0 Å². The van der Waals surface area contributed by atoms with Gasteiger partial charge in [-0.05, 0) is 31.7 Å². The minimum atomic E-state index is 0.868. The fraction of sp³-hybridized carbons (Fsp3) is 0.300. The van der Waals surface area contributed by atoms with E-state index in [1.54, 1.807) is 11.3 Å². The number of nitrogens with zero attached hydrogens (tertiary/aromatic N) is 1. The van der Waals surface area contributed by atoms with Gasteiger partial charge in [0.15, 0.2) is 0 Å². The monoisotopic (exact) mass is 270 g/mol. The molecule has 0 amide bonds. The van der Waals surface area contributed by atoms with E-state index >= 15 is 0 Å². The van der Waals surface area contributed by atoms with Gasteiger partial charge >= 0.3 is 0 Å². The Morgan fingerprint density at radius 3 is 3.00 bits per heavy atom. The molecule has 0 radical (unpaired) electrons. The van der Waals surface area contributed by atoms with Gasteiger partial charge in [-0.25, -0.2) is 4.98 Å². The van der Waals surface area contributed by atoms with E-state index in [4.69, 9.17) is 0 Å². The number of thiazole rings is 1. The maximum atomic E-state index is 4.47. The zero-order valence-electron chi connectivity index (χ0n) is 8.10. The SMILES string of the molecule is CNCc1cc2nc(C)sc2cc1Br. The Kier molecular flexibility index (Phi) is 2.85. The molecule has 0 aliphatic rings. The van der Waals surface area contributed by atoms with Gasteiger partial charge < -0.3 is 5.32 Å². The summed E-state index contributed by atoms with van der Waals surface area (Å²) in [5.74, 6) is 0. The fourth-order valence-electron chi connectivity index (χ4n) is 1.43. The van der Waals surface area contributed by atoms with Crippen molar-refractivity contribution in [3.05, 3.63) is 27.2 Å². The van der Waals surface area contributed by atoms with Gasteiger partial charge in [-0.2, -0.15) is 0 Å². The van der Waals surface area contributed by atoms with Crippen molar-refractivity contribution >= 4 is 37.5 Å². The minimum absolute atomic E-state index is 0.868. The number of aryl methyl sites for hydroxylation is 1. The Morgan fingerprint density at radius 2 is 2.29 bits per heavy atom. The van der Waals surface area contributed by atoms with Gasteiger partial charge in [-0.3, -0.25) is 0 Å². The lowest BCUT2D eigenvalue weighted by Gasteiger charge is -2.02. The van der Waals surface area contributed by atoms with Crippen molar-refractivity contribution in [1.29, 1.82) is 0 Å². The molecule has 0 aliphatic carbocycles. The number of halogens is 1. The molecule has 0 bridgehead atoms. The number of benzene rings is 1. The smallest absolute Gasteiger partial charge is 0.0907 e. The number of fused-ring (bicyclic) bond motifs is 1. The Morgan fingerprint density at radius 1 is 1.50 bits per heavy atom. The molecule has 2 nitrogen and oxygen atoms in total. The van der Waals surface area contributed by atoms with E-state index in [1.165, 1.54) is 10.3 Å². The van der Waals surface area contributed by atoms with Crippen LogP contribution in [0.4, 0.5) is 0 Å². The van der Waals surface area contributed by atoms with Crippen LogP contribution in [0.2, 0.25) is 0 Å². The van der Waals surface area contributed by atoms with Gasteiger partial charge in [-0.15, -0.1) is 11.3 Å². The highest BCUT2D eigenvalue weighted by molar-refractivity contribution is 9.10. The zero-order valence-corrected chi connectivity index (χ0v) is 10.5. The van der Waals surface area contributed by atoms with E-state index in [1.807, 2.05) is 14.0 Å². The summed E-state index contributed by atoms with van der Waals surface area (Å²) in [5.41, 5.74) is 2.35. The molecular weight excluding hydrogens is 260 g/mol. The fourth-order valence-corrected chi connectivity index (χ4v) is 2.92. The van der Waals surface area contributed by atoms with Crippen LogP contribution in [-0.4, -0.2) is 12.0 Å². The summed E-state index contributed by atoms with van der Waals surface area (Å²) >= 11 is 5.30. The van der Waals surface area contributed by atoms with E-state index in [2.05, 4.69) is 38.4 Å². The molecule has 14 heavy (non-hydrogen) atoms. The minimum Gasteiger partial charge on any atom is -0.316 e. The lowest BCUT2D eigenvalue weighted by molar-refractivity contribution is 0.815. The second-order valence-electron chi connectivity index (χ2n) is 3.17. The van der Waals surface area contributed by atoms with Gasteiger partial charge in [-0.1, -0.05) is 15.9 Å². The Bertz CT molecular complexity index is 464. The topological polar surface area (TPSA) is 24.9 Å². The quantitative estimate of drug-likeness (QED) is 0.907. The molecule has 0 atom stereocenters. The number of nitrogens with one attached hydrogen (secondary N) is 1. The van der Waals surface area contributed by atoms with Crippen molar-refractivity contribution in [2.75, 3.05) is 7.05 Å². The Hall–Kier alpha value is -0.450. The second-order valence-corrected chi connectivity index (χ2v) is 5.26. The number of hydrogen-bond donors (Lipinski definition) is 1. The molecule has 2 rings (SSSR count).